The molecule has 1 N–H and O–H groups in total. The number of ketones is 1. The lowest BCUT2D eigenvalue weighted by molar-refractivity contribution is -0.140. The van der Waals surface area contributed by atoms with Gasteiger partial charge in [-0.15, -0.1) is 0 Å². The van der Waals surface area contributed by atoms with E-state index in [1.165, 1.54) is 12.0 Å². The maximum Gasteiger partial charge on any atom is 0.295 e. The monoisotopic (exact) mass is 479 g/mol. The van der Waals surface area contributed by atoms with Crippen molar-refractivity contribution in [2.24, 2.45) is 0 Å². The third-order valence-corrected chi connectivity index (χ3v) is 6.73. The summed E-state index contributed by atoms with van der Waals surface area (Å²) in [6.45, 7) is 3.82. The van der Waals surface area contributed by atoms with Gasteiger partial charge >= 0.3 is 0 Å². The molecule has 0 aromatic heterocycles. The molecule has 0 saturated carbocycles. The van der Waals surface area contributed by atoms with E-state index in [-0.39, 0.29) is 24.0 Å². The number of methoxy groups -OCH3 is 1. The van der Waals surface area contributed by atoms with Crippen molar-refractivity contribution in [2.45, 2.75) is 38.3 Å². The number of fused-ring (bicyclic) bond motifs is 1. The van der Waals surface area contributed by atoms with E-state index in [2.05, 4.69) is 0 Å². The maximum atomic E-state index is 13.3. The number of amides is 1. The molecule has 5 rings (SSSR count). The molecule has 0 bridgehead atoms. The fraction of sp³-hybridized carbons (Fsp3) is 0.407. The Kier molecular flexibility index (Phi) is 6.38. The molecule has 35 heavy (non-hydrogen) atoms. The highest BCUT2D eigenvalue weighted by Gasteiger charge is 2.47. The predicted molar refractivity (Wildman–Crippen MR) is 128 cm³/mol. The van der Waals surface area contributed by atoms with E-state index < -0.39 is 17.7 Å². The molecule has 3 heterocycles. The Bertz CT molecular complexity index is 1180. The van der Waals surface area contributed by atoms with Gasteiger partial charge in [0.2, 0.25) is 0 Å². The molecule has 2 fully saturated rings. The van der Waals surface area contributed by atoms with E-state index in [9.17, 15) is 14.7 Å². The Balaban J connectivity index is 1.62. The molecule has 0 radical (unpaired) electrons. The number of hydrogen-bond donors (Lipinski definition) is 1. The number of Topliss-reactive ketones (excluding diaryl/α,β-unsaturated/α-hetero) is 1. The highest BCUT2D eigenvalue weighted by molar-refractivity contribution is 6.46. The van der Waals surface area contributed by atoms with E-state index in [0.29, 0.717) is 42.4 Å². The lowest BCUT2D eigenvalue weighted by Gasteiger charge is -2.28. The summed E-state index contributed by atoms with van der Waals surface area (Å²) in [7, 11) is 1.54. The van der Waals surface area contributed by atoms with Crippen LogP contribution in [-0.2, 0) is 20.7 Å². The van der Waals surface area contributed by atoms with Gasteiger partial charge < -0.3 is 29.0 Å². The minimum absolute atomic E-state index is 0.0538. The van der Waals surface area contributed by atoms with E-state index in [4.69, 9.17) is 18.9 Å². The van der Waals surface area contributed by atoms with E-state index in [0.717, 1.165) is 30.6 Å². The Morgan fingerprint density at radius 2 is 2.00 bits per heavy atom. The zero-order chi connectivity index (χ0) is 24.5. The van der Waals surface area contributed by atoms with Gasteiger partial charge in [-0.05, 0) is 61.2 Å². The zero-order valence-corrected chi connectivity index (χ0v) is 19.9. The maximum absolute atomic E-state index is 13.3. The average molecular weight is 480 g/mol. The lowest BCUT2D eigenvalue weighted by Crippen LogP contribution is -2.36. The number of carbonyl (C=O) groups excluding carboxylic acids is 2. The Morgan fingerprint density at radius 1 is 1.14 bits per heavy atom. The molecule has 8 heteroatoms. The number of aliphatic hydroxyl groups excluding tert-OH is 1. The van der Waals surface area contributed by atoms with Crippen LogP contribution >= 0.6 is 0 Å². The molecule has 1 amide bonds. The molecular formula is C27H29NO7. The molecule has 2 atom stereocenters. The number of ether oxygens (including phenoxy) is 4. The van der Waals surface area contributed by atoms with Crippen LogP contribution in [0.3, 0.4) is 0 Å². The summed E-state index contributed by atoms with van der Waals surface area (Å²) < 4.78 is 22.5. The summed E-state index contributed by atoms with van der Waals surface area (Å²) in [5.41, 5.74) is 2.14. The first-order chi connectivity index (χ1) is 17.0. The number of aliphatic hydroxyl groups is 1. The van der Waals surface area contributed by atoms with E-state index >= 15 is 0 Å². The van der Waals surface area contributed by atoms with Gasteiger partial charge in [-0.2, -0.15) is 0 Å². The quantitative estimate of drug-likeness (QED) is 0.368. The van der Waals surface area contributed by atoms with E-state index in [1.54, 1.807) is 30.3 Å². The zero-order valence-electron chi connectivity index (χ0n) is 19.9. The second-order valence-electron chi connectivity index (χ2n) is 8.85. The first-order valence-electron chi connectivity index (χ1n) is 12.0. The van der Waals surface area contributed by atoms with Gasteiger partial charge in [0, 0.05) is 25.1 Å². The van der Waals surface area contributed by atoms with E-state index in [1.807, 2.05) is 13.0 Å². The van der Waals surface area contributed by atoms with Crippen molar-refractivity contribution < 1.29 is 33.6 Å². The van der Waals surface area contributed by atoms with Crippen molar-refractivity contribution in [3.8, 4) is 17.2 Å². The lowest BCUT2D eigenvalue weighted by atomic mass is 9.94. The first-order valence-corrected chi connectivity index (χ1v) is 12.0. The minimum atomic E-state index is -0.784. The molecule has 184 valence electrons. The molecule has 0 spiro atoms. The molecule has 2 aromatic carbocycles. The molecule has 2 unspecified atom stereocenters. The SMILES string of the molecule is CCOc1ccc(C2/C(=C(\O)c3ccc4c(c3)CCO4)C(=O)C(=O)N2CC2CCCO2)cc1OC. The molecule has 3 aliphatic rings. The largest absolute Gasteiger partial charge is 0.507 e. The van der Waals surface area contributed by atoms with Crippen molar-refractivity contribution in [3.63, 3.8) is 0 Å². The van der Waals surface area contributed by atoms with Crippen LogP contribution in [0.4, 0.5) is 0 Å². The number of rotatable bonds is 7. The second kappa shape index (κ2) is 9.62. The summed E-state index contributed by atoms with van der Waals surface area (Å²) in [4.78, 5) is 28.1. The van der Waals surface area contributed by atoms with Gasteiger partial charge in [-0.25, -0.2) is 0 Å². The number of carbonyl (C=O) groups is 2. The third-order valence-electron chi connectivity index (χ3n) is 6.73. The van der Waals surface area contributed by atoms with Crippen LogP contribution in [0.15, 0.2) is 42.0 Å². The topological polar surface area (TPSA) is 94.5 Å². The van der Waals surface area contributed by atoms with Gasteiger partial charge in [0.1, 0.15) is 11.5 Å². The van der Waals surface area contributed by atoms with Crippen molar-refractivity contribution in [1.82, 2.24) is 4.90 Å². The highest BCUT2D eigenvalue weighted by Crippen LogP contribution is 2.43. The van der Waals surface area contributed by atoms with Gasteiger partial charge in [-0.1, -0.05) is 6.07 Å². The van der Waals surface area contributed by atoms with Gasteiger partial charge in [-0.3, -0.25) is 9.59 Å². The summed E-state index contributed by atoms with van der Waals surface area (Å²) in [5, 5.41) is 11.4. The van der Waals surface area contributed by atoms with Crippen LogP contribution in [-0.4, -0.2) is 61.3 Å². The van der Waals surface area contributed by atoms with Crippen LogP contribution < -0.4 is 14.2 Å². The van der Waals surface area contributed by atoms with Gasteiger partial charge in [0.05, 0.1) is 38.0 Å². The normalized spacial score (nSPS) is 22.9. The third kappa shape index (κ3) is 4.23. The number of benzene rings is 2. The molecule has 0 aliphatic carbocycles. The smallest absolute Gasteiger partial charge is 0.295 e. The Hall–Kier alpha value is -3.52. The predicted octanol–water partition coefficient (Wildman–Crippen LogP) is 3.63. The molecule has 3 aliphatic heterocycles. The molecule has 2 saturated heterocycles. The van der Waals surface area contributed by atoms with Crippen LogP contribution in [0.1, 0.15) is 42.5 Å². The van der Waals surface area contributed by atoms with Crippen molar-refractivity contribution in [1.29, 1.82) is 0 Å². The summed E-state index contributed by atoms with van der Waals surface area (Å²) in [6, 6.07) is 9.85. The molecular weight excluding hydrogens is 450 g/mol. The molecule has 2 aromatic rings. The van der Waals surface area contributed by atoms with Gasteiger partial charge in [0.15, 0.2) is 11.5 Å². The standard InChI is InChI=1S/C27H29NO7/c1-3-33-21-9-6-17(14-22(21)32-2)24-23(25(29)18-7-8-20-16(13-18)10-12-35-20)26(30)27(31)28(24)15-19-5-4-11-34-19/h6-9,13-14,19,24,29H,3-5,10-12,15H2,1-2H3/b25-23+. The van der Waals surface area contributed by atoms with Crippen molar-refractivity contribution in [3.05, 3.63) is 58.7 Å². The number of likely N-dealkylation sites (tertiary alicyclic amines) is 1. The average Bonchev–Trinajstić information content (AvgIpc) is 3.61. The minimum Gasteiger partial charge on any atom is -0.507 e. The number of hydrogen-bond acceptors (Lipinski definition) is 7. The number of nitrogens with zero attached hydrogens (tertiary/aromatic N) is 1. The summed E-state index contributed by atoms with van der Waals surface area (Å²) in [5.74, 6) is 0.258. The highest BCUT2D eigenvalue weighted by atomic mass is 16.5. The van der Waals surface area contributed by atoms with Crippen LogP contribution in [0.25, 0.3) is 5.76 Å². The summed E-state index contributed by atoms with van der Waals surface area (Å²) in [6.07, 6.45) is 2.29. The Morgan fingerprint density at radius 3 is 2.74 bits per heavy atom. The van der Waals surface area contributed by atoms with Gasteiger partial charge in [0.25, 0.3) is 11.7 Å². The fourth-order valence-corrected chi connectivity index (χ4v) is 5.04. The van der Waals surface area contributed by atoms with Crippen LogP contribution in [0.2, 0.25) is 0 Å². The Labute approximate surface area is 204 Å². The van der Waals surface area contributed by atoms with Crippen LogP contribution in [0.5, 0.6) is 17.2 Å². The first kappa shape index (κ1) is 23.2. The second-order valence-corrected chi connectivity index (χ2v) is 8.85. The van der Waals surface area contributed by atoms with Crippen LogP contribution in [0, 0.1) is 0 Å². The van der Waals surface area contributed by atoms with Crippen molar-refractivity contribution in [2.75, 3.05) is 33.5 Å². The molecule has 8 nitrogen and oxygen atoms in total. The van der Waals surface area contributed by atoms with Crippen molar-refractivity contribution >= 4 is 17.4 Å². The fourth-order valence-electron chi connectivity index (χ4n) is 5.04. The summed E-state index contributed by atoms with van der Waals surface area (Å²) >= 11 is 0.